The molecule has 0 fully saturated rings. The molecule has 0 atom stereocenters. The number of aliphatic imine (C=N–C) groups is 1. The van der Waals surface area contributed by atoms with Crippen LogP contribution in [0.3, 0.4) is 0 Å². The van der Waals surface area contributed by atoms with Gasteiger partial charge in [-0.05, 0) is 23.8 Å². The summed E-state index contributed by atoms with van der Waals surface area (Å²) in [6, 6.07) is 13.4. The fraction of sp³-hybridized carbons (Fsp3) is 0.278. The van der Waals surface area contributed by atoms with Gasteiger partial charge in [-0.3, -0.25) is 4.99 Å². The summed E-state index contributed by atoms with van der Waals surface area (Å²) in [4.78, 5) is 4.07. The zero-order chi connectivity index (χ0) is 18.1. The van der Waals surface area contributed by atoms with E-state index < -0.39 is 13.0 Å². The van der Waals surface area contributed by atoms with Crippen LogP contribution in [0.25, 0.3) is 0 Å². The summed E-state index contributed by atoms with van der Waals surface area (Å²) >= 11 is 0. The van der Waals surface area contributed by atoms with Crippen LogP contribution in [0.2, 0.25) is 0 Å². The van der Waals surface area contributed by atoms with E-state index >= 15 is 0 Å². The predicted octanol–water partition coefficient (Wildman–Crippen LogP) is 3.33. The Kier molecular flexibility index (Phi) is 7.13. The molecule has 2 N–H and O–H groups in total. The normalized spacial score (nSPS) is 11.5. The minimum Gasteiger partial charge on any atom is -0.488 e. The van der Waals surface area contributed by atoms with Crippen molar-refractivity contribution in [1.29, 1.82) is 0 Å². The van der Waals surface area contributed by atoms with E-state index in [1.165, 1.54) is 6.07 Å². The molecular weight excluding hydrogens is 331 g/mol. The molecule has 0 radical (unpaired) electrons. The Labute approximate surface area is 144 Å². The molecule has 4 nitrogen and oxygen atoms in total. The third kappa shape index (κ3) is 6.37. The summed E-state index contributed by atoms with van der Waals surface area (Å²) in [7, 11) is 1.61. The molecular formula is C18H20F3N3O. The minimum absolute atomic E-state index is 0.283. The van der Waals surface area contributed by atoms with Crippen molar-refractivity contribution in [3.8, 4) is 5.75 Å². The highest BCUT2D eigenvalue weighted by atomic mass is 19.3. The van der Waals surface area contributed by atoms with Crippen molar-refractivity contribution in [2.75, 3.05) is 13.7 Å². The van der Waals surface area contributed by atoms with Gasteiger partial charge in [-0.1, -0.05) is 30.3 Å². The summed E-state index contributed by atoms with van der Waals surface area (Å²) in [6.45, 7) is 0.0788. The standard InChI is InChI=1S/C18H20F3N3O/c1-22-18(24-11-14-6-2-3-8-16(14)19)23-10-13-5-4-7-15(9-13)25-12-17(20)21/h2-9,17H,10-12H2,1H3,(H2,22,23,24). The number of halogens is 3. The maximum Gasteiger partial charge on any atom is 0.272 e. The number of rotatable bonds is 7. The summed E-state index contributed by atoms with van der Waals surface area (Å²) in [5.41, 5.74) is 1.38. The first kappa shape index (κ1) is 18.6. The molecule has 0 heterocycles. The first-order chi connectivity index (χ1) is 12.1. The molecule has 0 spiro atoms. The van der Waals surface area contributed by atoms with Crippen LogP contribution in [0.5, 0.6) is 5.75 Å². The van der Waals surface area contributed by atoms with Crippen molar-refractivity contribution in [1.82, 2.24) is 10.6 Å². The van der Waals surface area contributed by atoms with Crippen LogP contribution in [-0.2, 0) is 13.1 Å². The summed E-state index contributed by atoms with van der Waals surface area (Å²) in [6.07, 6.45) is -2.51. The van der Waals surface area contributed by atoms with E-state index in [1.807, 2.05) is 6.07 Å². The van der Waals surface area contributed by atoms with E-state index in [-0.39, 0.29) is 5.82 Å². The first-order valence-electron chi connectivity index (χ1n) is 7.76. The molecule has 0 aliphatic carbocycles. The second kappa shape index (κ2) is 9.56. The smallest absolute Gasteiger partial charge is 0.272 e. The maximum atomic E-state index is 13.6. The van der Waals surface area contributed by atoms with Crippen LogP contribution in [-0.4, -0.2) is 26.0 Å². The van der Waals surface area contributed by atoms with Gasteiger partial charge in [0.2, 0.25) is 0 Å². The average molecular weight is 351 g/mol. The maximum absolute atomic E-state index is 13.6. The molecule has 0 bridgehead atoms. The molecule has 0 aliphatic rings. The average Bonchev–Trinajstić information content (AvgIpc) is 2.62. The lowest BCUT2D eigenvalue weighted by atomic mass is 10.2. The van der Waals surface area contributed by atoms with Gasteiger partial charge >= 0.3 is 0 Å². The van der Waals surface area contributed by atoms with E-state index in [1.54, 1.807) is 43.4 Å². The lowest BCUT2D eigenvalue weighted by Gasteiger charge is -2.13. The van der Waals surface area contributed by atoms with E-state index in [0.717, 1.165) is 5.56 Å². The number of benzene rings is 2. The van der Waals surface area contributed by atoms with E-state index in [4.69, 9.17) is 4.74 Å². The van der Waals surface area contributed by atoms with Crippen molar-refractivity contribution in [2.24, 2.45) is 4.99 Å². The van der Waals surface area contributed by atoms with E-state index in [0.29, 0.717) is 30.4 Å². The Morgan fingerprint density at radius 1 is 1.08 bits per heavy atom. The number of hydrogen-bond donors (Lipinski definition) is 2. The van der Waals surface area contributed by atoms with Crippen molar-refractivity contribution < 1.29 is 17.9 Å². The number of nitrogens with zero attached hydrogens (tertiary/aromatic N) is 1. The van der Waals surface area contributed by atoms with E-state index in [9.17, 15) is 13.2 Å². The van der Waals surface area contributed by atoms with E-state index in [2.05, 4.69) is 15.6 Å². The molecule has 7 heteroatoms. The van der Waals surface area contributed by atoms with Gasteiger partial charge in [0.15, 0.2) is 5.96 Å². The highest BCUT2D eigenvalue weighted by Crippen LogP contribution is 2.14. The first-order valence-corrected chi connectivity index (χ1v) is 7.76. The Bertz CT molecular complexity index is 707. The fourth-order valence-electron chi connectivity index (χ4n) is 2.13. The molecule has 0 aliphatic heterocycles. The number of alkyl halides is 2. The van der Waals surface area contributed by atoms with Gasteiger partial charge in [-0.25, -0.2) is 13.2 Å². The van der Waals surface area contributed by atoms with Gasteiger partial charge in [0.1, 0.15) is 18.2 Å². The molecule has 2 aromatic rings. The van der Waals surface area contributed by atoms with Crippen molar-refractivity contribution in [3.63, 3.8) is 0 Å². The third-order valence-electron chi connectivity index (χ3n) is 3.36. The Morgan fingerprint density at radius 2 is 1.84 bits per heavy atom. The lowest BCUT2D eigenvalue weighted by Crippen LogP contribution is -2.36. The molecule has 2 rings (SSSR count). The lowest BCUT2D eigenvalue weighted by molar-refractivity contribution is 0.0818. The molecule has 0 unspecified atom stereocenters. The summed E-state index contributed by atoms with van der Waals surface area (Å²) in [5.74, 6) is 0.602. The number of nitrogens with one attached hydrogen (secondary N) is 2. The van der Waals surface area contributed by atoms with Crippen LogP contribution in [0, 0.1) is 5.82 Å². The van der Waals surface area contributed by atoms with Crippen molar-refractivity contribution >= 4 is 5.96 Å². The topological polar surface area (TPSA) is 45.7 Å². The monoisotopic (exact) mass is 351 g/mol. The van der Waals surface area contributed by atoms with Gasteiger partial charge in [0.05, 0.1) is 0 Å². The summed E-state index contributed by atoms with van der Waals surface area (Å²) < 4.78 is 43.0. The van der Waals surface area contributed by atoms with Gasteiger partial charge in [0.25, 0.3) is 6.43 Å². The number of hydrogen-bond acceptors (Lipinski definition) is 2. The second-order valence-corrected chi connectivity index (χ2v) is 5.22. The molecule has 0 saturated heterocycles. The third-order valence-corrected chi connectivity index (χ3v) is 3.36. The SMILES string of the molecule is CN=C(NCc1cccc(OCC(F)F)c1)NCc1ccccc1F. The molecule has 0 saturated carbocycles. The second-order valence-electron chi connectivity index (χ2n) is 5.22. The Morgan fingerprint density at radius 3 is 2.56 bits per heavy atom. The van der Waals surface area contributed by atoms with Crippen LogP contribution in [0.4, 0.5) is 13.2 Å². The molecule has 2 aromatic carbocycles. The minimum atomic E-state index is -2.51. The molecule has 134 valence electrons. The molecule has 0 aromatic heterocycles. The zero-order valence-corrected chi connectivity index (χ0v) is 13.8. The van der Waals surface area contributed by atoms with Crippen LogP contribution >= 0.6 is 0 Å². The van der Waals surface area contributed by atoms with Gasteiger partial charge in [0, 0.05) is 25.7 Å². The summed E-state index contributed by atoms with van der Waals surface area (Å²) in [5, 5.41) is 6.10. The van der Waals surface area contributed by atoms with Crippen molar-refractivity contribution in [2.45, 2.75) is 19.5 Å². The largest absolute Gasteiger partial charge is 0.488 e. The van der Waals surface area contributed by atoms with Crippen LogP contribution in [0.1, 0.15) is 11.1 Å². The highest BCUT2D eigenvalue weighted by Gasteiger charge is 2.05. The van der Waals surface area contributed by atoms with Gasteiger partial charge in [-0.2, -0.15) is 0 Å². The Balaban J connectivity index is 1.86. The fourth-order valence-corrected chi connectivity index (χ4v) is 2.13. The number of ether oxygens (including phenoxy) is 1. The number of guanidine groups is 1. The van der Waals surface area contributed by atoms with Crippen LogP contribution < -0.4 is 15.4 Å². The Hall–Kier alpha value is -2.70. The predicted molar refractivity (Wildman–Crippen MR) is 91.4 cm³/mol. The van der Waals surface area contributed by atoms with Crippen molar-refractivity contribution in [3.05, 3.63) is 65.5 Å². The zero-order valence-electron chi connectivity index (χ0n) is 13.8. The molecule has 0 amide bonds. The molecule has 25 heavy (non-hydrogen) atoms. The van der Waals surface area contributed by atoms with Gasteiger partial charge in [-0.15, -0.1) is 0 Å². The van der Waals surface area contributed by atoms with Crippen LogP contribution in [0.15, 0.2) is 53.5 Å². The van der Waals surface area contributed by atoms with Gasteiger partial charge < -0.3 is 15.4 Å². The highest BCUT2D eigenvalue weighted by molar-refractivity contribution is 5.79. The quantitative estimate of drug-likeness (QED) is 0.594.